The second kappa shape index (κ2) is 6.96. The van der Waals surface area contributed by atoms with Gasteiger partial charge in [-0.1, -0.05) is 34.8 Å². The Balaban J connectivity index is 2.14. The third-order valence-corrected chi connectivity index (χ3v) is 3.28. The van der Waals surface area contributed by atoms with Gasteiger partial charge >= 0.3 is 0 Å². The lowest BCUT2D eigenvalue weighted by molar-refractivity contribution is 0.0955. The Morgan fingerprint density at radius 2 is 1.77 bits per heavy atom. The number of benzene rings is 2. The number of amides is 1. The molecule has 0 saturated carbocycles. The first-order valence-corrected chi connectivity index (χ1v) is 6.97. The quantitative estimate of drug-likeness (QED) is 0.634. The Hall–Kier alpha value is -1.82. The van der Waals surface area contributed by atoms with Crippen molar-refractivity contribution in [3.63, 3.8) is 0 Å². The summed E-state index contributed by atoms with van der Waals surface area (Å²) in [4.78, 5) is 11.9. The third kappa shape index (κ3) is 4.10. The van der Waals surface area contributed by atoms with E-state index in [1.54, 1.807) is 0 Å². The molecule has 0 aromatic heterocycles. The van der Waals surface area contributed by atoms with Gasteiger partial charge in [0, 0.05) is 21.2 Å². The molecule has 0 bridgehead atoms. The van der Waals surface area contributed by atoms with Crippen molar-refractivity contribution in [2.45, 2.75) is 0 Å². The molecule has 114 valence electrons. The molecule has 2 rings (SSSR count). The van der Waals surface area contributed by atoms with E-state index in [-0.39, 0.29) is 21.9 Å². The van der Waals surface area contributed by atoms with Gasteiger partial charge < -0.3 is 5.11 Å². The molecule has 0 aliphatic heterocycles. The standard InChI is InChI=1S/C14H8Cl3FN2O2/c15-9-1-7(2-10(16)4-9)14(22)20-19-6-8-3-11(18)5-12(17)13(8)21/h1-6,21H,(H,20,22)/b19-6+. The van der Waals surface area contributed by atoms with E-state index in [1.807, 2.05) is 0 Å². The maximum atomic E-state index is 13.2. The van der Waals surface area contributed by atoms with Gasteiger partial charge in [0.25, 0.3) is 5.91 Å². The van der Waals surface area contributed by atoms with E-state index in [0.29, 0.717) is 10.0 Å². The second-order valence-electron chi connectivity index (χ2n) is 4.18. The number of phenolic OH excluding ortho intramolecular Hbond substituents is 1. The number of nitrogens with one attached hydrogen (secondary N) is 1. The van der Waals surface area contributed by atoms with E-state index in [4.69, 9.17) is 34.8 Å². The average Bonchev–Trinajstić information content (AvgIpc) is 2.42. The van der Waals surface area contributed by atoms with E-state index in [9.17, 15) is 14.3 Å². The first-order chi connectivity index (χ1) is 10.4. The number of aromatic hydroxyl groups is 1. The van der Waals surface area contributed by atoms with Gasteiger partial charge in [-0.25, -0.2) is 9.82 Å². The highest BCUT2D eigenvalue weighted by atomic mass is 35.5. The van der Waals surface area contributed by atoms with Gasteiger partial charge in [0.1, 0.15) is 11.6 Å². The Morgan fingerprint density at radius 3 is 2.41 bits per heavy atom. The number of carbonyl (C=O) groups is 1. The molecule has 8 heteroatoms. The Bertz CT molecular complexity index is 746. The maximum Gasteiger partial charge on any atom is 0.271 e. The van der Waals surface area contributed by atoms with Crippen molar-refractivity contribution < 1.29 is 14.3 Å². The number of hydrogen-bond donors (Lipinski definition) is 2. The number of rotatable bonds is 3. The minimum atomic E-state index is -0.641. The monoisotopic (exact) mass is 360 g/mol. The topological polar surface area (TPSA) is 61.7 Å². The van der Waals surface area contributed by atoms with Gasteiger partial charge in [-0.05, 0) is 30.3 Å². The molecule has 0 heterocycles. The molecule has 0 aliphatic carbocycles. The van der Waals surface area contributed by atoms with Crippen molar-refractivity contribution in [2.24, 2.45) is 5.10 Å². The van der Waals surface area contributed by atoms with Crippen LogP contribution in [0, 0.1) is 5.82 Å². The highest BCUT2D eigenvalue weighted by molar-refractivity contribution is 6.35. The molecule has 22 heavy (non-hydrogen) atoms. The van der Waals surface area contributed by atoms with Gasteiger partial charge in [-0.3, -0.25) is 4.79 Å². The summed E-state index contributed by atoms with van der Waals surface area (Å²) in [7, 11) is 0. The molecule has 0 radical (unpaired) electrons. The number of carbonyl (C=O) groups excluding carboxylic acids is 1. The summed E-state index contributed by atoms with van der Waals surface area (Å²) >= 11 is 17.2. The van der Waals surface area contributed by atoms with E-state index in [1.165, 1.54) is 18.2 Å². The van der Waals surface area contributed by atoms with Crippen LogP contribution in [0.5, 0.6) is 5.75 Å². The summed E-state index contributed by atoms with van der Waals surface area (Å²) in [6, 6.07) is 6.29. The summed E-state index contributed by atoms with van der Waals surface area (Å²) in [5.41, 5.74) is 2.43. The zero-order chi connectivity index (χ0) is 16.3. The van der Waals surface area contributed by atoms with E-state index >= 15 is 0 Å². The number of halogens is 4. The van der Waals surface area contributed by atoms with Crippen molar-refractivity contribution in [2.75, 3.05) is 0 Å². The zero-order valence-corrected chi connectivity index (χ0v) is 13.0. The van der Waals surface area contributed by atoms with Gasteiger partial charge in [0.15, 0.2) is 0 Å². The van der Waals surface area contributed by atoms with Crippen LogP contribution in [0.2, 0.25) is 15.1 Å². The Labute approximate surface area is 140 Å². The lowest BCUT2D eigenvalue weighted by Crippen LogP contribution is -2.17. The summed E-state index contributed by atoms with van der Waals surface area (Å²) in [6.45, 7) is 0. The molecule has 0 atom stereocenters. The lowest BCUT2D eigenvalue weighted by atomic mass is 10.2. The normalized spacial score (nSPS) is 10.9. The van der Waals surface area contributed by atoms with Crippen LogP contribution >= 0.6 is 34.8 Å². The lowest BCUT2D eigenvalue weighted by Gasteiger charge is -2.03. The molecule has 4 nitrogen and oxygen atoms in total. The largest absolute Gasteiger partial charge is 0.506 e. The molecule has 2 aromatic carbocycles. The van der Waals surface area contributed by atoms with Crippen LogP contribution in [-0.2, 0) is 0 Å². The summed E-state index contributed by atoms with van der Waals surface area (Å²) in [5.74, 6) is -1.55. The molecule has 1 amide bonds. The second-order valence-corrected chi connectivity index (χ2v) is 5.46. The van der Waals surface area contributed by atoms with Crippen LogP contribution < -0.4 is 5.43 Å². The Kier molecular flexibility index (Phi) is 5.24. The van der Waals surface area contributed by atoms with E-state index in [2.05, 4.69) is 10.5 Å². The predicted octanol–water partition coefficient (Wildman–Crippen LogP) is 4.26. The molecule has 0 spiro atoms. The third-order valence-electron chi connectivity index (χ3n) is 2.55. The van der Waals surface area contributed by atoms with Crippen molar-refractivity contribution >= 4 is 46.9 Å². The van der Waals surface area contributed by atoms with Gasteiger partial charge in [0.05, 0.1) is 11.2 Å². The van der Waals surface area contributed by atoms with Crippen LogP contribution in [0.4, 0.5) is 4.39 Å². The minimum Gasteiger partial charge on any atom is -0.506 e. The van der Waals surface area contributed by atoms with Crippen molar-refractivity contribution in [3.8, 4) is 5.75 Å². The van der Waals surface area contributed by atoms with E-state index in [0.717, 1.165) is 18.3 Å². The van der Waals surface area contributed by atoms with Crippen LogP contribution in [-0.4, -0.2) is 17.2 Å². The molecule has 0 saturated heterocycles. The minimum absolute atomic E-state index is 0.0226. The van der Waals surface area contributed by atoms with Gasteiger partial charge in [0.2, 0.25) is 0 Å². The summed E-state index contributed by atoms with van der Waals surface area (Å²) < 4.78 is 13.2. The van der Waals surface area contributed by atoms with Crippen molar-refractivity contribution in [1.82, 2.24) is 5.43 Å². The van der Waals surface area contributed by atoms with Crippen LogP contribution in [0.25, 0.3) is 0 Å². The van der Waals surface area contributed by atoms with Gasteiger partial charge in [-0.2, -0.15) is 5.10 Å². The molecule has 0 aliphatic rings. The Morgan fingerprint density at radius 1 is 1.14 bits per heavy atom. The predicted molar refractivity (Wildman–Crippen MR) is 84.6 cm³/mol. The summed E-state index contributed by atoms with van der Waals surface area (Å²) in [6.07, 6.45) is 1.06. The molecule has 0 unspecified atom stereocenters. The van der Waals surface area contributed by atoms with Crippen LogP contribution in [0.15, 0.2) is 35.4 Å². The molecule has 0 fully saturated rings. The fourth-order valence-electron chi connectivity index (χ4n) is 1.59. The zero-order valence-electron chi connectivity index (χ0n) is 10.8. The molecule has 2 aromatic rings. The molecular formula is C14H8Cl3FN2O2. The van der Waals surface area contributed by atoms with Crippen molar-refractivity contribution in [3.05, 3.63) is 62.3 Å². The number of phenols is 1. The fraction of sp³-hybridized carbons (Fsp3) is 0. The molecular weight excluding hydrogens is 354 g/mol. The SMILES string of the molecule is O=C(N/N=C/c1cc(F)cc(Cl)c1O)c1cc(Cl)cc(Cl)c1. The fourth-order valence-corrected chi connectivity index (χ4v) is 2.33. The van der Waals surface area contributed by atoms with Gasteiger partial charge in [-0.15, -0.1) is 0 Å². The number of nitrogens with zero attached hydrogens (tertiary/aromatic N) is 1. The summed E-state index contributed by atoms with van der Waals surface area (Å²) in [5, 5.41) is 13.7. The van der Waals surface area contributed by atoms with E-state index < -0.39 is 11.7 Å². The molecule has 2 N–H and O–H groups in total. The van der Waals surface area contributed by atoms with Crippen LogP contribution in [0.1, 0.15) is 15.9 Å². The first kappa shape index (κ1) is 16.5. The average molecular weight is 362 g/mol. The number of hydrogen-bond acceptors (Lipinski definition) is 3. The highest BCUT2D eigenvalue weighted by Gasteiger charge is 2.09. The first-order valence-electron chi connectivity index (χ1n) is 5.84. The highest BCUT2D eigenvalue weighted by Crippen LogP contribution is 2.27. The maximum absolute atomic E-state index is 13.2. The smallest absolute Gasteiger partial charge is 0.271 e. The number of hydrazone groups is 1. The van der Waals surface area contributed by atoms with Crippen LogP contribution in [0.3, 0.4) is 0 Å². The van der Waals surface area contributed by atoms with Crippen molar-refractivity contribution in [1.29, 1.82) is 0 Å².